The molecule has 1 aliphatic heterocycles. The lowest BCUT2D eigenvalue weighted by Gasteiger charge is -2.13. The molecule has 0 aliphatic carbocycles. The number of carbonyl (C=O) groups is 1. The molecular formula is C19H20N4O4. The maximum atomic E-state index is 12.5. The van der Waals surface area contributed by atoms with Gasteiger partial charge in [-0.25, -0.2) is 9.48 Å². The van der Waals surface area contributed by atoms with Crippen molar-refractivity contribution < 1.29 is 14.3 Å². The number of hydrogen-bond donors (Lipinski definition) is 1. The minimum atomic E-state index is -0.368. The summed E-state index contributed by atoms with van der Waals surface area (Å²) in [6.45, 7) is 4.16. The van der Waals surface area contributed by atoms with Gasteiger partial charge in [0.05, 0.1) is 12.3 Å². The Morgan fingerprint density at radius 3 is 3.04 bits per heavy atom. The highest BCUT2D eigenvalue weighted by molar-refractivity contribution is 5.92. The number of hydrogen-bond acceptors (Lipinski definition) is 5. The molecule has 0 bridgehead atoms. The maximum Gasteiger partial charge on any atom is 0.350 e. The third-order valence-corrected chi connectivity index (χ3v) is 4.35. The van der Waals surface area contributed by atoms with Crippen LogP contribution >= 0.6 is 0 Å². The van der Waals surface area contributed by atoms with Gasteiger partial charge in [0, 0.05) is 24.2 Å². The SMILES string of the molecule is CCOc1cc2c(cc1NC(=O)Cn1nc3ccccn3c1=O)OC(C)C2. The zero-order valence-electron chi connectivity index (χ0n) is 15.1. The Hall–Kier alpha value is -3.29. The van der Waals surface area contributed by atoms with E-state index in [1.165, 1.54) is 4.40 Å². The number of pyridine rings is 1. The molecule has 8 nitrogen and oxygen atoms in total. The van der Waals surface area contributed by atoms with Gasteiger partial charge >= 0.3 is 5.69 Å². The molecule has 4 rings (SSSR count). The molecule has 8 heteroatoms. The number of nitrogens with one attached hydrogen (secondary N) is 1. The van der Waals surface area contributed by atoms with Crippen molar-refractivity contribution in [3.8, 4) is 11.5 Å². The molecule has 0 spiro atoms. The number of rotatable bonds is 5. The molecule has 1 amide bonds. The number of nitrogens with zero attached hydrogens (tertiary/aromatic N) is 3. The molecule has 3 heterocycles. The topological polar surface area (TPSA) is 86.9 Å². The highest BCUT2D eigenvalue weighted by atomic mass is 16.5. The smallest absolute Gasteiger partial charge is 0.350 e. The molecule has 3 aromatic rings. The molecule has 2 aromatic heterocycles. The molecule has 0 saturated carbocycles. The van der Waals surface area contributed by atoms with Gasteiger partial charge in [-0.2, -0.15) is 0 Å². The van der Waals surface area contributed by atoms with Crippen molar-refractivity contribution in [1.82, 2.24) is 14.2 Å². The largest absolute Gasteiger partial charge is 0.492 e. The summed E-state index contributed by atoms with van der Waals surface area (Å²) in [5.41, 5.74) is 1.70. The summed E-state index contributed by atoms with van der Waals surface area (Å²) in [5.74, 6) is 0.961. The number of anilines is 1. The Balaban J connectivity index is 1.58. The molecule has 1 N–H and O–H groups in total. The molecule has 140 valence electrons. The van der Waals surface area contributed by atoms with Crippen LogP contribution in [-0.2, 0) is 17.8 Å². The minimum absolute atomic E-state index is 0.0944. The van der Waals surface area contributed by atoms with Gasteiger partial charge in [-0.05, 0) is 32.0 Å². The van der Waals surface area contributed by atoms with Crippen LogP contribution in [0.2, 0.25) is 0 Å². The van der Waals surface area contributed by atoms with Crippen LogP contribution in [0.4, 0.5) is 5.69 Å². The Morgan fingerprint density at radius 2 is 2.26 bits per heavy atom. The van der Waals surface area contributed by atoms with E-state index < -0.39 is 0 Å². The molecule has 1 aromatic carbocycles. The van der Waals surface area contributed by atoms with E-state index in [0.717, 1.165) is 22.4 Å². The van der Waals surface area contributed by atoms with E-state index in [-0.39, 0.29) is 24.2 Å². The van der Waals surface area contributed by atoms with Crippen LogP contribution in [0.25, 0.3) is 5.65 Å². The van der Waals surface area contributed by atoms with E-state index in [9.17, 15) is 9.59 Å². The van der Waals surface area contributed by atoms with Crippen molar-refractivity contribution in [3.05, 3.63) is 52.6 Å². The Kier molecular flexibility index (Phi) is 4.31. The predicted octanol–water partition coefficient (Wildman–Crippen LogP) is 1.86. The molecule has 0 saturated heterocycles. The van der Waals surface area contributed by atoms with E-state index in [4.69, 9.17) is 9.47 Å². The highest BCUT2D eigenvalue weighted by Gasteiger charge is 2.23. The number of aromatic nitrogens is 3. The fourth-order valence-electron chi connectivity index (χ4n) is 3.21. The Bertz CT molecular complexity index is 1070. The lowest BCUT2D eigenvalue weighted by molar-refractivity contribution is -0.117. The zero-order chi connectivity index (χ0) is 19.0. The number of carbonyl (C=O) groups excluding carboxylic acids is 1. The van der Waals surface area contributed by atoms with E-state index in [0.29, 0.717) is 23.7 Å². The molecule has 0 radical (unpaired) electrons. The molecule has 1 atom stereocenters. The monoisotopic (exact) mass is 368 g/mol. The average Bonchev–Trinajstić information content (AvgIpc) is 3.14. The average molecular weight is 368 g/mol. The first-order valence-corrected chi connectivity index (χ1v) is 8.85. The van der Waals surface area contributed by atoms with Gasteiger partial charge in [-0.3, -0.25) is 9.20 Å². The fraction of sp³-hybridized carbons (Fsp3) is 0.316. The van der Waals surface area contributed by atoms with Crippen LogP contribution in [0.3, 0.4) is 0 Å². The third-order valence-electron chi connectivity index (χ3n) is 4.35. The minimum Gasteiger partial charge on any atom is -0.492 e. The van der Waals surface area contributed by atoms with Crippen molar-refractivity contribution in [2.45, 2.75) is 32.9 Å². The van der Waals surface area contributed by atoms with Gasteiger partial charge < -0.3 is 14.8 Å². The lowest BCUT2D eigenvalue weighted by Crippen LogP contribution is -2.28. The summed E-state index contributed by atoms with van der Waals surface area (Å²) in [6.07, 6.45) is 2.52. The maximum absolute atomic E-state index is 12.5. The summed E-state index contributed by atoms with van der Waals surface area (Å²) >= 11 is 0. The van der Waals surface area contributed by atoms with Crippen molar-refractivity contribution in [2.75, 3.05) is 11.9 Å². The summed E-state index contributed by atoms with van der Waals surface area (Å²) in [4.78, 5) is 24.8. The Labute approximate surface area is 155 Å². The summed E-state index contributed by atoms with van der Waals surface area (Å²) in [7, 11) is 0. The van der Waals surface area contributed by atoms with E-state index in [2.05, 4.69) is 10.4 Å². The summed E-state index contributed by atoms with van der Waals surface area (Å²) < 4.78 is 14.0. The van der Waals surface area contributed by atoms with Crippen LogP contribution in [0.15, 0.2) is 41.3 Å². The zero-order valence-corrected chi connectivity index (χ0v) is 15.1. The van der Waals surface area contributed by atoms with E-state index in [1.807, 2.05) is 19.9 Å². The molecule has 1 aliphatic rings. The fourth-order valence-corrected chi connectivity index (χ4v) is 3.21. The third kappa shape index (κ3) is 3.25. The molecular weight excluding hydrogens is 348 g/mol. The van der Waals surface area contributed by atoms with Crippen LogP contribution < -0.4 is 20.5 Å². The van der Waals surface area contributed by atoms with Gasteiger partial charge in [0.15, 0.2) is 5.65 Å². The van der Waals surface area contributed by atoms with Gasteiger partial charge in [-0.15, -0.1) is 5.10 Å². The van der Waals surface area contributed by atoms with Gasteiger partial charge in [0.1, 0.15) is 24.1 Å². The molecule has 0 fully saturated rings. The van der Waals surface area contributed by atoms with Crippen molar-refractivity contribution in [3.63, 3.8) is 0 Å². The quantitative estimate of drug-likeness (QED) is 0.743. The number of benzene rings is 1. The van der Waals surface area contributed by atoms with E-state index in [1.54, 1.807) is 30.5 Å². The second-order valence-corrected chi connectivity index (χ2v) is 6.44. The number of fused-ring (bicyclic) bond motifs is 2. The highest BCUT2D eigenvalue weighted by Crippen LogP contribution is 2.38. The summed E-state index contributed by atoms with van der Waals surface area (Å²) in [6, 6.07) is 8.90. The van der Waals surface area contributed by atoms with Crippen LogP contribution in [0, 0.1) is 0 Å². The van der Waals surface area contributed by atoms with Crippen LogP contribution in [0.5, 0.6) is 11.5 Å². The van der Waals surface area contributed by atoms with E-state index >= 15 is 0 Å². The number of ether oxygens (including phenoxy) is 2. The summed E-state index contributed by atoms with van der Waals surface area (Å²) in [5, 5.41) is 6.98. The second-order valence-electron chi connectivity index (χ2n) is 6.44. The van der Waals surface area contributed by atoms with Crippen molar-refractivity contribution >= 4 is 17.2 Å². The van der Waals surface area contributed by atoms with Crippen molar-refractivity contribution in [1.29, 1.82) is 0 Å². The van der Waals surface area contributed by atoms with Gasteiger partial charge in [-0.1, -0.05) is 6.07 Å². The standard InChI is InChI=1S/C19H20N4O4/c1-3-26-16-9-13-8-12(2)27-15(13)10-14(16)20-18(24)11-23-19(25)22-7-5-4-6-17(22)21-23/h4-7,9-10,12H,3,8,11H2,1-2H3,(H,20,24). The van der Waals surface area contributed by atoms with Crippen LogP contribution in [0.1, 0.15) is 19.4 Å². The molecule has 1 unspecified atom stereocenters. The first kappa shape index (κ1) is 17.1. The lowest BCUT2D eigenvalue weighted by atomic mass is 10.1. The predicted molar refractivity (Wildman–Crippen MR) is 99.5 cm³/mol. The first-order valence-electron chi connectivity index (χ1n) is 8.85. The number of amides is 1. The molecule has 27 heavy (non-hydrogen) atoms. The van der Waals surface area contributed by atoms with Gasteiger partial charge in [0.25, 0.3) is 0 Å². The van der Waals surface area contributed by atoms with Crippen molar-refractivity contribution in [2.24, 2.45) is 0 Å². The Morgan fingerprint density at radius 1 is 1.41 bits per heavy atom. The first-order chi connectivity index (χ1) is 13.0. The normalized spacial score (nSPS) is 15.4. The van der Waals surface area contributed by atoms with Gasteiger partial charge in [0.2, 0.25) is 5.91 Å². The second kappa shape index (κ2) is 6.79. The van der Waals surface area contributed by atoms with Crippen LogP contribution in [-0.4, -0.2) is 32.8 Å².